The molecule has 2 aliphatic rings. The summed E-state index contributed by atoms with van der Waals surface area (Å²) in [7, 11) is 1.84. The summed E-state index contributed by atoms with van der Waals surface area (Å²) < 4.78 is 21.7. The van der Waals surface area contributed by atoms with E-state index in [9.17, 15) is 9.18 Å². The number of amides is 1. The minimum Gasteiger partial charge on any atom is -0.369 e. The Bertz CT molecular complexity index is 845. The van der Waals surface area contributed by atoms with Crippen LogP contribution in [0.2, 0.25) is 0 Å². The third-order valence-electron chi connectivity index (χ3n) is 5.21. The van der Waals surface area contributed by atoms with Crippen molar-refractivity contribution in [3.8, 4) is 0 Å². The minimum atomic E-state index is -0.242. The van der Waals surface area contributed by atoms with Gasteiger partial charge in [0.25, 0.3) is 5.91 Å². The molecule has 4 rings (SSSR count). The summed E-state index contributed by atoms with van der Waals surface area (Å²) in [6.07, 6.45) is 1.31. The van der Waals surface area contributed by atoms with Crippen LogP contribution in [0.5, 0.6) is 0 Å². The predicted octanol–water partition coefficient (Wildman–Crippen LogP) is 2.78. The smallest absolute Gasteiger partial charge is 0.274 e. The second-order valence-electron chi connectivity index (χ2n) is 6.98. The van der Waals surface area contributed by atoms with Gasteiger partial charge in [-0.05, 0) is 31.9 Å². The van der Waals surface area contributed by atoms with Crippen LogP contribution in [0.4, 0.5) is 4.39 Å². The molecule has 3 heterocycles. The van der Waals surface area contributed by atoms with E-state index in [1.807, 2.05) is 27.0 Å². The van der Waals surface area contributed by atoms with Crippen LogP contribution in [0.1, 0.15) is 52.8 Å². The van der Waals surface area contributed by atoms with Gasteiger partial charge in [-0.15, -0.1) is 0 Å². The zero-order valence-corrected chi connectivity index (χ0v) is 14.8. The summed E-state index contributed by atoms with van der Waals surface area (Å²) in [5.41, 5.74) is 4.03. The van der Waals surface area contributed by atoms with Crippen LogP contribution in [0.3, 0.4) is 0 Å². The van der Waals surface area contributed by atoms with Crippen LogP contribution >= 0.6 is 0 Å². The van der Waals surface area contributed by atoms with Crippen molar-refractivity contribution in [2.45, 2.75) is 45.4 Å². The lowest BCUT2D eigenvalue weighted by molar-refractivity contribution is -0.00907. The molecule has 0 saturated heterocycles. The van der Waals surface area contributed by atoms with Crippen molar-refractivity contribution in [3.05, 3.63) is 52.1 Å². The van der Waals surface area contributed by atoms with Crippen LogP contribution in [0.15, 0.2) is 18.2 Å². The Morgan fingerprint density at radius 1 is 1.32 bits per heavy atom. The number of hydrogen-bond donors (Lipinski definition) is 0. The number of carbonyl (C=O) groups is 1. The lowest BCUT2D eigenvalue weighted by atomic mass is 9.97. The van der Waals surface area contributed by atoms with Gasteiger partial charge in [0.05, 0.1) is 17.9 Å². The number of fused-ring (bicyclic) bond motifs is 2. The van der Waals surface area contributed by atoms with E-state index >= 15 is 0 Å². The lowest BCUT2D eigenvalue weighted by Gasteiger charge is -2.30. The number of ether oxygens (including phenoxy) is 1. The average Bonchev–Trinajstić information content (AvgIpc) is 2.91. The first-order valence-corrected chi connectivity index (χ1v) is 8.72. The maximum Gasteiger partial charge on any atom is 0.274 e. The SMILES string of the molecule is C[C@@H]1Cc2c(C(=O)N3CCc4cccc(F)c4C3)nn(C)c2[C@H](C)O1. The molecule has 0 radical (unpaired) electrons. The van der Waals surface area contributed by atoms with Crippen LogP contribution in [0.25, 0.3) is 0 Å². The van der Waals surface area contributed by atoms with Crippen molar-refractivity contribution < 1.29 is 13.9 Å². The van der Waals surface area contributed by atoms with Gasteiger partial charge in [0.2, 0.25) is 0 Å². The second kappa shape index (κ2) is 5.95. The standard InChI is InChI=1S/C19H22FN3O2/c1-11-9-14-17(21-22(3)18(14)12(2)25-11)19(24)23-8-7-13-5-4-6-16(20)15(13)10-23/h4-6,11-12H,7-10H2,1-3H3/t11-,12+/m1/s1. The molecular formula is C19H22FN3O2. The topological polar surface area (TPSA) is 47.4 Å². The molecule has 2 aliphatic heterocycles. The van der Waals surface area contributed by atoms with Gasteiger partial charge >= 0.3 is 0 Å². The second-order valence-corrected chi connectivity index (χ2v) is 6.98. The van der Waals surface area contributed by atoms with Crippen molar-refractivity contribution in [2.75, 3.05) is 6.54 Å². The number of rotatable bonds is 1. The Morgan fingerprint density at radius 3 is 2.92 bits per heavy atom. The minimum absolute atomic E-state index is 0.0535. The molecule has 5 nitrogen and oxygen atoms in total. The van der Waals surface area contributed by atoms with Gasteiger partial charge in [-0.1, -0.05) is 12.1 Å². The highest BCUT2D eigenvalue weighted by atomic mass is 19.1. The molecule has 2 atom stereocenters. The molecule has 1 aromatic heterocycles. The Labute approximate surface area is 146 Å². The van der Waals surface area contributed by atoms with E-state index < -0.39 is 0 Å². The summed E-state index contributed by atoms with van der Waals surface area (Å²) in [5, 5.41) is 4.48. The summed E-state index contributed by atoms with van der Waals surface area (Å²) in [6.45, 7) is 4.88. The summed E-state index contributed by atoms with van der Waals surface area (Å²) in [6, 6.07) is 5.11. The molecular weight excluding hydrogens is 321 g/mol. The number of halogens is 1. The van der Waals surface area contributed by atoms with E-state index in [0.717, 1.165) is 16.8 Å². The number of carbonyl (C=O) groups excluding carboxylic acids is 1. The van der Waals surface area contributed by atoms with Crippen molar-refractivity contribution in [1.82, 2.24) is 14.7 Å². The maximum absolute atomic E-state index is 14.1. The van der Waals surface area contributed by atoms with Crippen LogP contribution < -0.4 is 0 Å². The summed E-state index contributed by atoms with van der Waals surface area (Å²) >= 11 is 0. The fourth-order valence-corrected chi connectivity index (χ4v) is 4.07. The first-order chi connectivity index (χ1) is 12.0. The fraction of sp³-hybridized carbons (Fsp3) is 0.474. The maximum atomic E-state index is 14.1. The molecule has 25 heavy (non-hydrogen) atoms. The first-order valence-electron chi connectivity index (χ1n) is 8.72. The van der Waals surface area contributed by atoms with E-state index in [2.05, 4.69) is 5.10 Å². The van der Waals surface area contributed by atoms with Gasteiger partial charge in [0.15, 0.2) is 5.69 Å². The third kappa shape index (κ3) is 2.65. The van der Waals surface area contributed by atoms with E-state index in [0.29, 0.717) is 37.2 Å². The van der Waals surface area contributed by atoms with E-state index in [-0.39, 0.29) is 23.9 Å². The molecule has 1 aromatic carbocycles. The van der Waals surface area contributed by atoms with Crippen molar-refractivity contribution in [1.29, 1.82) is 0 Å². The molecule has 0 saturated carbocycles. The molecule has 6 heteroatoms. The predicted molar refractivity (Wildman–Crippen MR) is 90.7 cm³/mol. The summed E-state index contributed by atoms with van der Waals surface area (Å²) in [5.74, 6) is -0.360. The van der Waals surface area contributed by atoms with Crippen molar-refractivity contribution in [2.24, 2.45) is 7.05 Å². The molecule has 0 aliphatic carbocycles. The van der Waals surface area contributed by atoms with Crippen molar-refractivity contribution in [3.63, 3.8) is 0 Å². The van der Waals surface area contributed by atoms with Crippen LogP contribution in [-0.4, -0.2) is 33.2 Å². The molecule has 0 fully saturated rings. The highest BCUT2D eigenvalue weighted by Crippen LogP contribution is 2.33. The largest absolute Gasteiger partial charge is 0.369 e. The number of aryl methyl sites for hydroxylation is 1. The van der Waals surface area contributed by atoms with Gasteiger partial charge in [0.1, 0.15) is 5.82 Å². The zero-order chi connectivity index (χ0) is 17.7. The van der Waals surface area contributed by atoms with Crippen LogP contribution in [0, 0.1) is 5.82 Å². The fourth-order valence-electron chi connectivity index (χ4n) is 4.07. The van der Waals surface area contributed by atoms with E-state index in [1.165, 1.54) is 6.07 Å². The van der Waals surface area contributed by atoms with E-state index in [1.54, 1.807) is 15.6 Å². The Hall–Kier alpha value is -2.21. The zero-order valence-electron chi connectivity index (χ0n) is 14.8. The summed E-state index contributed by atoms with van der Waals surface area (Å²) in [4.78, 5) is 14.8. The number of hydrogen-bond acceptors (Lipinski definition) is 3. The molecule has 132 valence electrons. The quantitative estimate of drug-likeness (QED) is 0.800. The molecule has 1 amide bonds. The van der Waals surface area contributed by atoms with Gasteiger partial charge in [-0.25, -0.2) is 4.39 Å². The number of aromatic nitrogens is 2. The van der Waals surface area contributed by atoms with Gasteiger partial charge in [0, 0.05) is 37.7 Å². The molecule has 2 aromatic rings. The number of benzene rings is 1. The molecule has 0 bridgehead atoms. The average molecular weight is 343 g/mol. The van der Waals surface area contributed by atoms with Gasteiger partial charge < -0.3 is 9.64 Å². The van der Waals surface area contributed by atoms with E-state index in [4.69, 9.17) is 4.74 Å². The first kappa shape index (κ1) is 16.3. The normalized spacial score (nSPS) is 22.5. The van der Waals surface area contributed by atoms with Crippen molar-refractivity contribution >= 4 is 5.91 Å². The Kier molecular flexibility index (Phi) is 3.87. The molecule has 0 spiro atoms. The van der Waals surface area contributed by atoms with Crippen LogP contribution in [-0.2, 0) is 31.2 Å². The monoisotopic (exact) mass is 343 g/mol. The molecule has 0 unspecified atom stereocenters. The Morgan fingerprint density at radius 2 is 2.12 bits per heavy atom. The third-order valence-corrected chi connectivity index (χ3v) is 5.21. The molecule has 0 N–H and O–H groups in total. The lowest BCUT2D eigenvalue weighted by Crippen LogP contribution is -2.37. The highest BCUT2D eigenvalue weighted by molar-refractivity contribution is 5.94. The highest BCUT2D eigenvalue weighted by Gasteiger charge is 2.34. The Balaban J connectivity index is 1.67. The van der Waals surface area contributed by atoms with Gasteiger partial charge in [-0.2, -0.15) is 5.10 Å². The van der Waals surface area contributed by atoms with Gasteiger partial charge in [-0.3, -0.25) is 9.48 Å². The number of nitrogens with zero attached hydrogens (tertiary/aromatic N) is 3.